The molecule has 0 saturated heterocycles. The van der Waals surface area contributed by atoms with Crippen molar-refractivity contribution < 1.29 is 34.4 Å². The van der Waals surface area contributed by atoms with Crippen molar-refractivity contribution in [2.24, 2.45) is 0 Å². The SMILES string of the molecule is CC=CC([NH-])=O.[Na+]. The molecule has 0 aliphatic carbocycles. The van der Waals surface area contributed by atoms with Crippen molar-refractivity contribution >= 4 is 5.91 Å². The van der Waals surface area contributed by atoms with Crippen molar-refractivity contribution in [2.45, 2.75) is 6.92 Å². The summed E-state index contributed by atoms with van der Waals surface area (Å²) in [5.41, 5.74) is 6.25. The standard InChI is InChI=1S/C4H7NO.Na/c1-2-3-4(5)6;/h2-3H,1H3,(H2,5,6);/q;+1/p-1. The Labute approximate surface area is 65.1 Å². The molecular weight excluding hydrogens is 101 g/mol. The molecule has 0 radical (unpaired) electrons. The first-order valence-corrected chi connectivity index (χ1v) is 1.65. The number of allylic oxidation sites excluding steroid dienone is 1. The monoisotopic (exact) mass is 107 g/mol. The quantitative estimate of drug-likeness (QED) is 0.286. The van der Waals surface area contributed by atoms with Gasteiger partial charge in [0.15, 0.2) is 0 Å². The van der Waals surface area contributed by atoms with E-state index in [0.29, 0.717) is 0 Å². The molecule has 0 heterocycles. The molecule has 0 aromatic heterocycles. The van der Waals surface area contributed by atoms with E-state index in [9.17, 15) is 4.79 Å². The number of carbonyl (C=O) groups excluding carboxylic acids is 1. The van der Waals surface area contributed by atoms with Crippen molar-refractivity contribution in [2.75, 3.05) is 0 Å². The summed E-state index contributed by atoms with van der Waals surface area (Å²) in [5.74, 6) is -0.641. The van der Waals surface area contributed by atoms with Crippen LogP contribution in [0.5, 0.6) is 0 Å². The Morgan fingerprint density at radius 2 is 2.14 bits per heavy atom. The summed E-state index contributed by atoms with van der Waals surface area (Å²) in [4.78, 5) is 9.62. The summed E-state index contributed by atoms with van der Waals surface area (Å²) in [5, 5.41) is 0. The van der Waals surface area contributed by atoms with Gasteiger partial charge in [-0.05, 0) is 13.0 Å². The fourth-order valence-corrected chi connectivity index (χ4v) is 0.151. The molecule has 0 aromatic rings. The number of hydrogen-bond acceptors (Lipinski definition) is 1. The van der Waals surface area contributed by atoms with Crippen LogP contribution in [0.2, 0.25) is 0 Å². The predicted octanol–water partition coefficient (Wildman–Crippen LogP) is -1.85. The first kappa shape index (κ1) is 10.2. The van der Waals surface area contributed by atoms with E-state index in [-0.39, 0.29) is 29.6 Å². The van der Waals surface area contributed by atoms with Gasteiger partial charge in [0.1, 0.15) is 0 Å². The molecule has 0 saturated carbocycles. The van der Waals surface area contributed by atoms with Gasteiger partial charge < -0.3 is 10.5 Å². The Hall–Kier alpha value is 0.210. The fourth-order valence-electron chi connectivity index (χ4n) is 0.151. The normalized spacial score (nSPS) is 8.14. The van der Waals surface area contributed by atoms with E-state index in [4.69, 9.17) is 5.73 Å². The zero-order valence-corrected chi connectivity index (χ0v) is 6.56. The van der Waals surface area contributed by atoms with Crippen molar-refractivity contribution in [3.05, 3.63) is 17.9 Å². The third-order valence-corrected chi connectivity index (χ3v) is 0.318. The van der Waals surface area contributed by atoms with Crippen molar-refractivity contribution in [3.8, 4) is 0 Å². The van der Waals surface area contributed by atoms with E-state index in [1.165, 1.54) is 12.2 Å². The second-order valence-corrected chi connectivity index (χ2v) is 0.864. The van der Waals surface area contributed by atoms with Gasteiger partial charge in [-0.25, -0.2) is 0 Å². The Balaban J connectivity index is 0. The Morgan fingerprint density at radius 3 is 2.14 bits per heavy atom. The van der Waals surface area contributed by atoms with Crippen molar-refractivity contribution in [3.63, 3.8) is 0 Å². The van der Waals surface area contributed by atoms with Gasteiger partial charge in [0.25, 0.3) is 0 Å². The zero-order chi connectivity index (χ0) is 4.99. The van der Waals surface area contributed by atoms with E-state index in [1.54, 1.807) is 6.92 Å². The number of carbonyl (C=O) groups is 1. The number of rotatable bonds is 1. The van der Waals surface area contributed by atoms with Crippen LogP contribution in [0.4, 0.5) is 0 Å². The topological polar surface area (TPSA) is 40.9 Å². The predicted molar refractivity (Wildman–Crippen MR) is 24.1 cm³/mol. The van der Waals surface area contributed by atoms with Gasteiger partial charge in [-0.15, -0.1) is 0 Å². The largest absolute Gasteiger partial charge is 1.00 e. The van der Waals surface area contributed by atoms with Crippen LogP contribution < -0.4 is 29.6 Å². The van der Waals surface area contributed by atoms with Crippen LogP contribution in [0.1, 0.15) is 6.92 Å². The van der Waals surface area contributed by atoms with Gasteiger partial charge >= 0.3 is 29.6 Å². The van der Waals surface area contributed by atoms with E-state index >= 15 is 0 Å². The Bertz CT molecular complexity index is 79.8. The van der Waals surface area contributed by atoms with E-state index < -0.39 is 5.91 Å². The average molecular weight is 107 g/mol. The molecule has 0 spiro atoms. The van der Waals surface area contributed by atoms with Crippen LogP contribution in [-0.4, -0.2) is 5.91 Å². The first-order valence-electron chi connectivity index (χ1n) is 1.65. The van der Waals surface area contributed by atoms with E-state index in [1.807, 2.05) is 0 Å². The molecule has 0 atom stereocenters. The maximum absolute atomic E-state index is 9.62. The van der Waals surface area contributed by atoms with E-state index in [0.717, 1.165) is 0 Å². The first-order chi connectivity index (χ1) is 2.77. The molecule has 0 unspecified atom stereocenters. The molecule has 0 aliphatic rings. The summed E-state index contributed by atoms with van der Waals surface area (Å²) in [6.07, 6.45) is 2.73. The molecule has 0 fully saturated rings. The van der Waals surface area contributed by atoms with Gasteiger partial charge in [0.2, 0.25) is 0 Å². The molecule has 1 N–H and O–H groups in total. The molecule has 3 heteroatoms. The molecule has 1 amide bonds. The molecule has 0 aliphatic heterocycles. The van der Waals surface area contributed by atoms with Gasteiger partial charge in [0.05, 0.1) is 5.91 Å². The molecule has 34 valence electrons. The summed E-state index contributed by atoms with van der Waals surface area (Å²) in [7, 11) is 0. The summed E-state index contributed by atoms with van der Waals surface area (Å²) < 4.78 is 0. The zero-order valence-electron chi connectivity index (χ0n) is 4.56. The Morgan fingerprint density at radius 1 is 1.71 bits per heavy atom. The third kappa shape index (κ3) is 10.7. The molecular formula is C4H6NNaO. The fraction of sp³-hybridized carbons (Fsp3) is 0.250. The molecule has 7 heavy (non-hydrogen) atoms. The van der Waals surface area contributed by atoms with Gasteiger partial charge in [-0.3, -0.25) is 0 Å². The number of hydrogen-bond donors (Lipinski definition) is 0. The summed E-state index contributed by atoms with van der Waals surface area (Å²) >= 11 is 0. The maximum atomic E-state index is 9.62. The van der Waals surface area contributed by atoms with Gasteiger partial charge in [0, 0.05) is 0 Å². The van der Waals surface area contributed by atoms with E-state index in [2.05, 4.69) is 0 Å². The minimum atomic E-state index is -0.641. The number of nitrogens with one attached hydrogen (secondary N) is 1. The van der Waals surface area contributed by atoms with Crippen LogP contribution in [0, 0.1) is 0 Å². The van der Waals surface area contributed by atoms with Crippen LogP contribution in [-0.2, 0) is 4.79 Å². The smallest absolute Gasteiger partial charge is 0.664 e. The van der Waals surface area contributed by atoms with Crippen LogP contribution in [0.3, 0.4) is 0 Å². The van der Waals surface area contributed by atoms with Crippen molar-refractivity contribution in [1.29, 1.82) is 0 Å². The molecule has 0 aromatic carbocycles. The second-order valence-electron chi connectivity index (χ2n) is 0.864. The minimum absolute atomic E-state index is 0. The third-order valence-electron chi connectivity index (χ3n) is 0.318. The molecule has 0 rings (SSSR count). The average Bonchev–Trinajstić information content (AvgIpc) is 1.35. The van der Waals surface area contributed by atoms with Crippen molar-refractivity contribution in [1.82, 2.24) is 0 Å². The van der Waals surface area contributed by atoms with Gasteiger partial charge in [-0.1, -0.05) is 6.08 Å². The van der Waals surface area contributed by atoms with Crippen LogP contribution >= 0.6 is 0 Å². The summed E-state index contributed by atoms with van der Waals surface area (Å²) in [6, 6.07) is 0. The maximum Gasteiger partial charge on any atom is 1.00 e. The molecule has 0 bridgehead atoms. The number of amides is 1. The minimum Gasteiger partial charge on any atom is -0.664 e. The Kier molecular flexibility index (Phi) is 9.09. The van der Waals surface area contributed by atoms with Gasteiger partial charge in [-0.2, -0.15) is 0 Å². The second kappa shape index (κ2) is 6.21. The summed E-state index contributed by atoms with van der Waals surface area (Å²) in [6.45, 7) is 1.70. The molecule has 2 nitrogen and oxygen atoms in total. The van der Waals surface area contributed by atoms with Crippen LogP contribution in [0.15, 0.2) is 12.2 Å². The van der Waals surface area contributed by atoms with Crippen LogP contribution in [0.25, 0.3) is 5.73 Å².